The Morgan fingerprint density at radius 1 is 1.19 bits per heavy atom. The molecule has 3 rings (SSSR count). The molecule has 3 nitrogen and oxygen atoms in total. The molecule has 0 saturated heterocycles. The summed E-state index contributed by atoms with van der Waals surface area (Å²) in [5.74, 6) is 4.52. The highest BCUT2D eigenvalue weighted by atomic mass is 16.5. The van der Waals surface area contributed by atoms with Crippen molar-refractivity contribution in [1.82, 2.24) is 5.32 Å². The maximum absolute atomic E-state index is 5.82. The van der Waals surface area contributed by atoms with Gasteiger partial charge in [-0.3, -0.25) is 0 Å². The second kappa shape index (κ2) is 6.69. The van der Waals surface area contributed by atoms with Gasteiger partial charge in [-0.15, -0.1) is 0 Å². The second-order valence-electron chi connectivity index (χ2n) is 6.58. The van der Waals surface area contributed by atoms with E-state index in [1.165, 1.54) is 25.7 Å². The molecule has 2 aliphatic rings. The van der Waals surface area contributed by atoms with Crippen LogP contribution in [0.25, 0.3) is 0 Å². The number of benzene rings is 1. The van der Waals surface area contributed by atoms with Gasteiger partial charge in [-0.05, 0) is 56.1 Å². The van der Waals surface area contributed by atoms with Crippen molar-refractivity contribution in [1.29, 1.82) is 0 Å². The van der Waals surface area contributed by atoms with E-state index in [0.29, 0.717) is 12.6 Å². The standard InChI is InChI=1S/C18H27NO2/c1-13(16-12-14-7-8-15(16)11-14)19-9-10-21-18-6-4-3-5-17(18)20-2/h3-6,13-16,19H,7-12H2,1-2H3. The lowest BCUT2D eigenvalue weighted by atomic mass is 9.84. The molecular formula is C18H27NO2. The highest BCUT2D eigenvalue weighted by molar-refractivity contribution is 5.39. The predicted molar refractivity (Wildman–Crippen MR) is 84.9 cm³/mol. The van der Waals surface area contributed by atoms with Crippen molar-refractivity contribution < 1.29 is 9.47 Å². The van der Waals surface area contributed by atoms with Crippen LogP contribution in [0.15, 0.2) is 24.3 Å². The van der Waals surface area contributed by atoms with Crippen LogP contribution in [0.5, 0.6) is 11.5 Å². The van der Waals surface area contributed by atoms with E-state index >= 15 is 0 Å². The molecule has 3 heteroatoms. The van der Waals surface area contributed by atoms with Crippen LogP contribution in [-0.2, 0) is 0 Å². The smallest absolute Gasteiger partial charge is 0.161 e. The normalized spacial score (nSPS) is 28.6. The van der Waals surface area contributed by atoms with Crippen LogP contribution in [0.3, 0.4) is 0 Å². The number of nitrogens with one attached hydrogen (secondary N) is 1. The minimum atomic E-state index is 0.613. The van der Waals surface area contributed by atoms with Gasteiger partial charge in [-0.1, -0.05) is 18.6 Å². The Balaban J connectivity index is 1.40. The molecule has 116 valence electrons. The van der Waals surface area contributed by atoms with Crippen LogP contribution in [0.1, 0.15) is 32.6 Å². The van der Waals surface area contributed by atoms with Crippen molar-refractivity contribution in [3.8, 4) is 11.5 Å². The minimum absolute atomic E-state index is 0.613. The maximum atomic E-state index is 5.82. The van der Waals surface area contributed by atoms with Gasteiger partial charge in [0.1, 0.15) is 6.61 Å². The fraction of sp³-hybridized carbons (Fsp3) is 0.667. The first-order valence-electron chi connectivity index (χ1n) is 8.27. The summed E-state index contributed by atoms with van der Waals surface area (Å²) in [6.45, 7) is 3.92. The van der Waals surface area contributed by atoms with E-state index in [1.54, 1.807) is 7.11 Å². The van der Waals surface area contributed by atoms with Crippen molar-refractivity contribution in [2.24, 2.45) is 17.8 Å². The lowest BCUT2D eigenvalue weighted by Gasteiger charge is -2.28. The Hall–Kier alpha value is -1.22. The molecule has 2 aliphatic carbocycles. The summed E-state index contributed by atoms with van der Waals surface area (Å²) < 4.78 is 11.1. The number of methoxy groups -OCH3 is 1. The first-order chi connectivity index (χ1) is 10.3. The fourth-order valence-corrected chi connectivity index (χ4v) is 4.24. The van der Waals surface area contributed by atoms with Gasteiger partial charge >= 0.3 is 0 Å². The van der Waals surface area contributed by atoms with Crippen LogP contribution in [0, 0.1) is 17.8 Å². The Bertz CT molecular complexity index is 462. The first kappa shape index (κ1) is 14.7. The zero-order valence-corrected chi connectivity index (χ0v) is 13.2. The minimum Gasteiger partial charge on any atom is -0.493 e. The zero-order valence-electron chi connectivity index (χ0n) is 13.2. The molecule has 1 aromatic carbocycles. The molecule has 0 aromatic heterocycles. The van der Waals surface area contributed by atoms with E-state index in [-0.39, 0.29) is 0 Å². The third-order valence-corrected chi connectivity index (χ3v) is 5.33. The van der Waals surface area contributed by atoms with Crippen LogP contribution in [0.2, 0.25) is 0 Å². The molecule has 0 spiro atoms. The molecule has 4 atom stereocenters. The number of hydrogen-bond donors (Lipinski definition) is 1. The van der Waals surface area contributed by atoms with E-state index in [1.807, 2.05) is 24.3 Å². The first-order valence-corrected chi connectivity index (χ1v) is 8.27. The Kier molecular flexibility index (Phi) is 4.69. The van der Waals surface area contributed by atoms with Gasteiger partial charge in [0.05, 0.1) is 7.11 Å². The molecule has 0 amide bonds. The molecule has 4 unspecified atom stereocenters. The zero-order chi connectivity index (χ0) is 14.7. The van der Waals surface area contributed by atoms with Gasteiger partial charge in [-0.25, -0.2) is 0 Å². The van der Waals surface area contributed by atoms with Gasteiger partial charge in [0.25, 0.3) is 0 Å². The predicted octanol–water partition coefficient (Wildman–Crippen LogP) is 3.49. The molecule has 2 saturated carbocycles. The summed E-state index contributed by atoms with van der Waals surface area (Å²) in [5.41, 5.74) is 0. The molecule has 2 fully saturated rings. The van der Waals surface area contributed by atoms with Crippen LogP contribution in [-0.4, -0.2) is 26.3 Å². The van der Waals surface area contributed by atoms with Gasteiger partial charge in [0.2, 0.25) is 0 Å². The van der Waals surface area contributed by atoms with Gasteiger partial charge in [-0.2, -0.15) is 0 Å². The van der Waals surface area contributed by atoms with E-state index in [2.05, 4.69) is 12.2 Å². The number of rotatable bonds is 7. The molecule has 1 N–H and O–H groups in total. The number of ether oxygens (including phenoxy) is 2. The van der Waals surface area contributed by atoms with Gasteiger partial charge in [0, 0.05) is 12.6 Å². The third-order valence-electron chi connectivity index (χ3n) is 5.33. The molecule has 2 bridgehead atoms. The van der Waals surface area contributed by atoms with Crippen molar-refractivity contribution in [2.75, 3.05) is 20.3 Å². The van der Waals surface area contributed by atoms with Crippen LogP contribution in [0.4, 0.5) is 0 Å². The molecule has 21 heavy (non-hydrogen) atoms. The summed E-state index contributed by atoms with van der Waals surface area (Å²) in [7, 11) is 1.68. The summed E-state index contributed by atoms with van der Waals surface area (Å²) in [5, 5.41) is 3.65. The Morgan fingerprint density at radius 2 is 2.00 bits per heavy atom. The molecule has 1 aromatic rings. The van der Waals surface area contributed by atoms with E-state index in [9.17, 15) is 0 Å². The van der Waals surface area contributed by atoms with Crippen molar-refractivity contribution in [2.45, 2.75) is 38.6 Å². The van der Waals surface area contributed by atoms with Gasteiger partial charge in [0.15, 0.2) is 11.5 Å². The third kappa shape index (κ3) is 3.34. The molecule has 0 aliphatic heterocycles. The number of hydrogen-bond acceptors (Lipinski definition) is 3. The van der Waals surface area contributed by atoms with Crippen molar-refractivity contribution >= 4 is 0 Å². The summed E-state index contributed by atoms with van der Waals surface area (Å²) in [6, 6.07) is 8.44. The van der Waals surface area contributed by atoms with Crippen LogP contribution < -0.4 is 14.8 Å². The SMILES string of the molecule is COc1ccccc1OCCNC(C)C1CC2CCC1C2. The highest BCUT2D eigenvalue weighted by Crippen LogP contribution is 2.49. The second-order valence-corrected chi connectivity index (χ2v) is 6.58. The summed E-state index contributed by atoms with van der Waals surface area (Å²) >= 11 is 0. The van der Waals surface area contributed by atoms with E-state index in [0.717, 1.165) is 35.8 Å². The quantitative estimate of drug-likeness (QED) is 0.779. The van der Waals surface area contributed by atoms with Gasteiger partial charge < -0.3 is 14.8 Å². The lowest BCUT2D eigenvalue weighted by Crippen LogP contribution is -2.38. The average molecular weight is 289 g/mol. The Morgan fingerprint density at radius 3 is 2.67 bits per heavy atom. The summed E-state index contributed by atoms with van der Waals surface area (Å²) in [4.78, 5) is 0. The molecular weight excluding hydrogens is 262 g/mol. The monoisotopic (exact) mass is 289 g/mol. The average Bonchev–Trinajstić information content (AvgIpc) is 3.14. The van der Waals surface area contributed by atoms with Crippen LogP contribution >= 0.6 is 0 Å². The highest BCUT2D eigenvalue weighted by Gasteiger charge is 2.41. The number of fused-ring (bicyclic) bond motifs is 2. The van der Waals surface area contributed by atoms with E-state index < -0.39 is 0 Å². The lowest BCUT2D eigenvalue weighted by molar-refractivity contribution is 0.239. The van der Waals surface area contributed by atoms with E-state index in [4.69, 9.17) is 9.47 Å². The summed E-state index contributed by atoms with van der Waals surface area (Å²) in [6.07, 6.45) is 5.85. The Labute approximate surface area is 128 Å². The maximum Gasteiger partial charge on any atom is 0.161 e. The topological polar surface area (TPSA) is 30.5 Å². The molecule has 0 heterocycles. The molecule has 0 radical (unpaired) electrons. The number of para-hydroxylation sites is 2. The fourth-order valence-electron chi connectivity index (χ4n) is 4.24. The van der Waals surface area contributed by atoms with Crippen molar-refractivity contribution in [3.63, 3.8) is 0 Å². The largest absolute Gasteiger partial charge is 0.493 e. The van der Waals surface area contributed by atoms with Crippen molar-refractivity contribution in [3.05, 3.63) is 24.3 Å².